The molecule has 125 heavy (non-hydrogen) atoms. The van der Waals surface area contributed by atoms with Crippen molar-refractivity contribution in [1.29, 1.82) is 0 Å². The molecule has 23 aromatic rings. The van der Waals surface area contributed by atoms with E-state index in [-0.39, 0.29) is 0 Å². The van der Waals surface area contributed by atoms with Crippen molar-refractivity contribution in [3.63, 3.8) is 0 Å². The zero-order valence-corrected chi connectivity index (χ0v) is 67.5. The van der Waals surface area contributed by atoms with Gasteiger partial charge in [0, 0.05) is 82.8 Å². The molecule has 18 aromatic carbocycles. The van der Waals surface area contributed by atoms with E-state index in [0.29, 0.717) is 34.9 Å². The third-order valence-electron chi connectivity index (χ3n) is 26.7. The summed E-state index contributed by atoms with van der Waals surface area (Å²) in [5, 5.41) is 7.49. The van der Waals surface area contributed by atoms with Gasteiger partial charge in [-0.3, -0.25) is 0 Å². The van der Waals surface area contributed by atoms with Gasteiger partial charge >= 0.3 is 0 Å². The normalized spacial score (nSPS) is 13.9. The minimum absolute atomic E-state index is 0.555. The topological polar surface area (TPSA) is 92.1 Å². The molecule has 580 valence electrons. The van der Waals surface area contributed by atoms with Crippen molar-refractivity contribution in [3.8, 4) is 130 Å². The number of rotatable bonds is 9. The third kappa shape index (κ3) is 10.4. The molecule has 4 aliphatic rings. The maximum Gasteiger partial charge on any atom is 0.164 e. The second-order valence-corrected chi connectivity index (χ2v) is 33.0. The summed E-state index contributed by atoms with van der Waals surface area (Å²) in [4.78, 5) is 30.7. The highest BCUT2D eigenvalue weighted by atomic mass is 15.1. The number of hydrogen-bond acceptors (Lipinski definition) is 6. The molecule has 0 fully saturated rings. The predicted octanol–water partition coefficient (Wildman–Crippen LogP) is 27.7. The van der Waals surface area contributed by atoms with E-state index in [4.69, 9.17) is 29.9 Å². The summed E-state index contributed by atoms with van der Waals surface area (Å²) in [5.41, 5.74) is 35.1. The summed E-state index contributed by atoms with van der Waals surface area (Å²) in [6.45, 7) is 0. The summed E-state index contributed by atoms with van der Waals surface area (Å²) < 4.78 is 7.33. The van der Waals surface area contributed by atoms with Gasteiger partial charge in [-0.05, 0) is 174 Å². The lowest BCUT2D eigenvalue weighted by molar-refractivity contribution is 0.791. The van der Waals surface area contributed by atoms with Crippen LogP contribution < -0.4 is 0 Å². The van der Waals surface area contributed by atoms with Crippen molar-refractivity contribution in [3.05, 3.63) is 475 Å². The summed E-state index contributed by atoms with van der Waals surface area (Å²) >= 11 is 0. The van der Waals surface area contributed by atoms with Gasteiger partial charge in [0.15, 0.2) is 34.9 Å². The third-order valence-corrected chi connectivity index (χ3v) is 26.7. The van der Waals surface area contributed by atoms with Gasteiger partial charge in [0.05, 0.1) is 43.9 Å². The quantitative estimate of drug-likeness (QED) is 0.143. The number of aromatic nitrogens is 9. The van der Waals surface area contributed by atoms with E-state index in [2.05, 4.69) is 372 Å². The average Bonchev–Trinajstić information content (AvgIpc) is 1.51. The van der Waals surface area contributed by atoms with Gasteiger partial charge in [0.2, 0.25) is 0 Å². The van der Waals surface area contributed by atoms with Crippen LogP contribution in [0.3, 0.4) is 0 Å². The van der Waals surface area contributed by atoms with Crippen LogP contribution in [0, 0.1) is 0 Å². The number of fused-ring (bicyclic) bond motifs is 29. The van der Waals surface area contributed by atoms with Crippen LogP contribution in [0.4, 0.5) is 0 Å². The van der Waals surface area contributed by atoms with Crippen molar-refractivity contribution in [2.45, 2.75) is 10.8 Å². The Morgan fingerprint density at radius 1 is 0.144 bits per heavy atom. The highest BCUT2D eigenvalue weighted by molar-refractivity contribution is 6.12. The summed E-state index contributed by atoms with van der Waals surface area (Å²) in [7, 11) is 0. The van der Waals surface area contributed by atoms with Crippen molar-refractivity contribution in [1.82, 2.24) is 43.6 Å². The molecular formula is C116H71N9. The van der Waals surface area contributed by atoms with Crippen molar-refractivity contribution >= 4 is 65.4 Å². The molecule has 2 spiro atoms. The molecule has 1 unspecified atom stereocenters. The fraction of sp³-hybridized carbons (Fsp3) is 0.0172. The Morgan fingerprint density at radius 3 is 0.672 bits per heavy atom. The summed E-state index contributed by atoms with van der Waals surface area (Å²) in [6, 6.07) is 156. The lowest BCUT2D eigenvalue weighted by atomic mass is 9.70. The van der Waals surface area contributed by atoms with Crippen molar-refractivity contribution in [2.75, 3.05) is 0 Å². The molecular weight excluding hydrogens is 1520 g/mol. The first-order chi connectivity index (χ1) is 62.0. The Bertz CT molecular complexity index is 7980. The molecule has 5 heterocycles. The minimum Gasteiger partial charge on any atom is -0.309 e. The van der Waals surface area contributed by atoms with E-state index in [1.807, 2.05) is 72.8 Å². The van der Waals surface area contributed by atoms with Gasteiger partial charge < -0.3 is 13.7 Å². The zero-order chi connectivity index (χ0) is 82.0. The van der Waals surface area contributed by atoms with Crippen molar-refractivity contribution in [2.24, 2.45) is 0 Å². The molecule has 0 aliphatic heterocycles. The van der Waals surface area contributed by atoms with Crippen molar-refractivity contribution < 1.29 is 0 Å². The molecule has 9 heteroatoms. The lowest BCUT2D eigenvalue weighted by Crippen LogP contribution is -2.26. The fourth-order valence-corrected chi connectivity index (χ4v) is 21.5. The monoisotopic (exact) mass is 1590 g/mol. The molecule has 0 N–H and O–H groups in total. The van der Waals surface area contributed by atoms with E-state index in [9.17, 15) is 0 Å². The maximum atomic E-state index is 5.19. The first-order valence-corrected chi connectivity index (χ1v) is 42.7. The molecule has 4 aliphatic carbocycles. The van der Waals surface area contributed by atoms with Gasteiger partial charge in [-0.25, -0.2) is 29.9 Å². The van der Waals surface area contributed by atoms with Gasteiger partial charge in [-0.2, -0.15) is 0 Å². The van der Waals surface area contributed by atoms with Gasteiger partial charge in [0.25, 0.3) is 0 Å². The molecule has 0 saturated carbocycles. The van der Waals surface area contributed by atoms with E-state index < -0.39 is 10.8 Å². The van der Waals surface area contributed by atoms with Crippen LogP contribution in [0.5, 0.6) is 0 Å². The van der Waals surface area contributed by atoms with Gasteiger partial charge in [-0.15, -0.1) is 0 Å². The second-order valence-electron chi connectivity index (χ2n) is 33.0. The summed E-state index contributed by atoms with van der Waals surface area (Å²) in [6.07, 6.45) is 0. The smallest absolute Gasteiger partial charge is 0.164 e. The van der Waals surface area contributed by atoms with Crippen LogP contribution in [0.15, 0.2) is 431 Å². The minimum atomic E-state index is -0.651. The zero-order valence-electron chi connectivity index (χ0n) is 67.5. The first kappa shape index (κ1) is 70.2. The number of benzene rings is 18. The van der Waals surface area contributed by atoms with Crippen LogP contribution >= 0.6 is 0 Å². The molecule has 9 nitrogen and oxygen atoms in total. The Labute approximate surface area is 720 Å². The van der Waals surface area contributed by atoms with Crippen LogP contribution in [-0.4, -0.2) is 43.6 Å². The van der Waals surface area contributed by atoms with Crippen LogP contribution in [0.2, 0.25) is 0 Å². The second kappa shape index (κ2) is 27.5. The highest BCUT2D eigenvalue weighted by Gasteiger charge is 2.54. The Morgan fingerprint density at radius 2 is 0.360 bits per heavy atom. The Balaban J connectivity index is 0.000000136. The number of hydrogen-bond donors (Lipinski definition) is 0. The molecule has 0 amide bonds. The standard InChI is InChI=1S/C64H39N5.C52H32N4/c1-3-17-40(18-4-1)61-65-62(41-19-5-2-6-20-41)67-63(66-61)42-31-36-54-52(37-42)45-21-7-12-26-53(45)64(54)55-38-43(68-57-27-13-8-22-48(57)49-23-9-14-28-58(49)68)32-34-46(55)47-35-33-44(39-56(47)64)69-59-29-15-10-24-50(59)51-25-11-16-30-60(51)69;1-3-15-33(16-4-1)49-53-50(34-17-5-2-6-18-34)55-51(54-49)35-27-29-39-37-19-7-11-23-43(37)52(45(39)31-35)44-24-12-8-20-38(44)40-30-28-36(32-46(40)52)56-47-25-13-9-21-41(47)42-22-10-14-26-48(42)56/h1-39H;1-32H. The van der Waals surface area contributed by atoms with E-state index in [1.165, 1.54) is 154 Å². The van der Waals surface area contributed by atoms with Gasteiger partial charge in [-0.1, -0.05) is 346 Å². The van der Waals surface area contributed by atoms with Crippen LogP contribution in [0.1, 0.15) is 44.5 Å². The molecule has 5 aromatic heterocycles. The number of para-hydroxylation sites is 6. The predicted molar refractivity (Wildman–Crippen MR) is 508 cm³/mol. The Hall–Kier alpha value is -16.6. The largest absolute Gasteiger partial charge is 0.309 e. The molecule has 27 rings (SSSR count). The van der Waals surface area contributed by atoms with E-state index in [0.717, 1.165) is 50.4 Å². The molecule has 1 atom stereocenters. The SMILES string of the molecule is c1ccc(-c2nc(-c3ccccc3)nc(-c3ccc4c(c3)-c3ccccc3C43c4cc(-n5c6ccccc6c6ccccc65)ccc4-c4ccc(-n5c6ccccc6c6ccccc65)cc43)n2)cc1.c1ccc(-c2nc(-c3ccccc3)nc(-c3ccc4c(c3)C3(c5ccccc5-4)c4ccccc4-c4ccc(-n5c6ccccc6c6ccccc65)cc43)n2)cc1. The average molecular weight is 1590 g/mol. The first-order valence-electron chi connectivity index (χ1n) is 42.7. The van der Waals surface area contributed by atoms with E-state index in [1.54, 1.807) is 0 Å². The Kier molecular flexibility index (Phi) is 15.4. The highest BCUT2D eigenvalue weighted by Crippen LogP contribution is 2.66. The van der Waals surface area contributed by atoms with E-state index >= 15 is 0 Å². The van der Waals surface area contributed by atoms with Crippen LogP contribution in [0.25, 0.3) is 195 Å². The molecule has 0 radical (unpaired) electrons. The molecule has 0 saturated heterocycles. The van der Waals surface area contributed by atoms with Gasteiger partial charge in [0.1, 0.15) is 0 Å². The number of nitrogens with zero attached hydrogens (tertiary/aromatic N) is 9. The molecule has 0 bridgehead atoms. The maximum absolute atomic E-state index is 5.19. The lowest BCUT2D eigenvalue weighted by Gasteiger charge is -2.31. The van der Waals surface area contributed by atoms with Crippen LogP contribution in [-0.2, 0) is 10.8 Å². The fourth-order valence-electron chi connectivity index (χ4n) is 21.5. The summed E-state index contributed by atoms with van der Waals surface area (Å²) in [5.74, 6) is 3.88.